The van der Waals surface area contributed by atoms with Crippen molar-refractivity contribution in [3.63, 3.8) is 0 Å². The van der Waals surface area contributed by atoms with E-state index >= 15 is 0 Å². The summed E-state index contributed by atoms with van der Waals surface area (Å²) in [4.78, 5) is 29.8. The quantitative estimate of drug-likeness (QED) is 0.199. The fourth-order valence-electron chi connectivity index (χ4n) is 4.23. The van der Waals surface area contributed by atoms with Gasteiger partial charge in [0, 0.05) is 24.9 Å². The summed E-state index contributed by atoms with van der Waals surface area (Å²) in [5.41, 5.74) is 3.59. The maximum absolute atomic E-state index is 12.9. The van der Waals surface area contributed by atoms with Crippen LogP contribution in [-0.4, -0.2) is 44.0 Å². The highest BCUT2D eigenvalue weighted by atomic mass is 79.9. The average Bonchev–Trinajstić information content (AvgIpc) is 2.96. The highest BCUT2D eigenvalue weighted by molar-refractivity contribution is 9.10. The second kappa shape index (κ2) is 11.7. The van der Waals surface area contributed by atoms with Gasteiger partial charge in [-0.25, -0.2) is 29.9 Å². The Hall–Kier alpha value is -4.57. The molecule has 0 radical (unpaired) electrons. The van der Waals surface area contributed by atoms with E-state index in [1.807, 2.05) is 105 Å². The first kappa shape index (κ1) is 27.0. The van der Waals surface area contributed by atoms with Crippen LogP contribution in [0.2, 0.25) is 0 Å². The smallest absolute Gasteiger partial charge is 0.212 e. The molecule has 0 atom stereocenters. The van der Waals surface area contributed by atoms with Crippen LogP contribution in [0.5, 0.6) is 0 Å². The minimum Gasteiger partial charge on any atom is -0.328 e. The van der Waals surface area contributed by atoms with E-state index in [9.17, 15) is 4.39 Å². The van der Waals surface area contributed by atoms with Crippen molar-refractivity contribution >= 4 is 60.7 Å². The van der Waals surface area contributed by atoms with Crippen molar-refractivity contribution in [2.75, 3.05) is 23.9 Å². The molecule has 8 nitrogen and oxygen atoms in total. The third-order valence-electron chi connectivity index (χ3n) is 6.22. The number of nitrogens with zero attached hydrogens (tertiary/aromatic N) is 8. The molecule has 6 aromatic rings. The van der Waals surface area contributed by atoms with E-state index in [-0.39, 0.29) is 0 Å². The summed E-state index contributed by atoms with van der Waals surface area (Å²) in [6, 6.07) is 22.8. The van der Waals surface area contributed by atoms with Crippen molar-refractivity contribution in [2.45, 2.75) is 13.8 Å². The Morgan fingerprint density at radius 2 is 1.07 bits per heavy atom. The molecule has 0 aliphatic carbocycles. The predicted molar refractivity (Wildman–Crippen MR) is 161 cm³/mol. The van der Waals surface area contributed by atoms with Crippen molar-refractivity contribution in [1.29, 1.82) is 0 Å². The minimum atomic E-state index is -0.495. The summed E-state index contributed by atoms with van der Waals surface area (Å²) >= 11 is 3.35. The van der Waals surface area contributed by atoms with E-state index < -0.39 is 5.95 Å². The van der Waals surface area contributed by atoms with Crippen molar-refractivity contribution in [3.8, 4) is 0 Å². The Morgan fingerprint density at radius 3 is 1.52 bits per heavy atom. The lowest BCUT2D eigenvalue weighted by Gasteiger charge is -2.20. The summed E-state index contributed by atoms with van der Waals surface area (Å²) in [6.45, 7) is 3.76. The molecular weight excluding hydrogens is 570 g/mol. The Bertz CT molecular complexity index is 1650. The summed E-state index contributed by atoms with van der Waals surface area (Å²) in [5.74, 6) is 2.63. The molecule has 6 rings (SSSR count). The average molecular weight is 596 g/mol. The maximum Gasteiger partial charge on any atom is 0.212 e. The Morgan fingerprint density at radius 1 is 0.600 bits per heavy atom. The summed E-state index contributed by atoms with van der Waals surface area (Å²) in [5, 5.41) is 1.98. The number of para-hydroxylation sites is 2. The van der Waals surface area contributed by atoms with E-state index in [0.717, 1.165) is 55.2 Å². The van der Waals surface area contributed by atoms with Crippen molar-refractivity contribution in [1.82, 2.24) is 29.9 Å². The fraction of sp³-hybridized carbons (Fsp3) is 0.133. The number of rotatable bonds is 4. The Labute approximate surface area is 239 Å². The topological polar surface area (TPSA) is 83.8 Å². The van der Waals surface area contributed by atoms with Gasteiger partial charge >= 0.3 is 0 Å². The molecule has 0 aliphatic heterocycles. The van der Waals surface area contributed by atoms with Crippen LogP contribution in [0.1, 0.15) is 11.6 Å². The number of hydrogen-bond acceptors (Lipinski definition) is 8. The zero-order valence-corrected chi connectivity index (χ0v) is 24.0. The highest BCUT2D eigenvalue weighted by Crippen LogP contribution is 2.29. The summed E-state index contributed by atoms with van der Waals surface area (Å²) in [7, 11) is 3.86. The van der Waals surface area contributed by atoms with Gasteiger partial charge in [0.1, 0.15) is 27.9 Å². The van der Waals surface area contributed by atoms with Gasteiger partial charge in [-0.2, -0.15) is 4.39 Å². The first-order valence-electron chi connectivity index (χ1n) is 12.5. The van der Waals surface area contributed by atoms with Gasteiger partial charge in [-0.3, -0.25) is 0 Å². The number of hydrogen-bond donors (Lipinski definition) is 0. The molecule has 0 aliphatic rings. The van der Waals surface area contributed by atoms with Crippen LogP contribution in [0.3, 0.4) is 0 Å². The largest absolute Gasteiger partial charge is 0.328 e. The van der Waals surface area contributed by atoms with E-state index in [1.54, 1.807) is 6.07 Å². The molecule has 40 heavy (non-hydrogen) atoms. The zero-order valence-electron chi connectivity index (χ0n) is 22.4. The van der Waals surface area contributed by atoms with Gasteiger partial charge in [-0.15, -0.1) is 0 Å². The number of aromatic nitrogens is 6. The SMILES string of the molecule is Cc1nc(N(C)c2ccc(Br)nc2)c2ccccc2n1.Cc1nc(N(C)c2ccc([18F])nc2)c2ccccc2n1. The lowest BCUT2D eigenvalue weighted by molar-refractivity contribution is 0.584. The van der Waals surface area contributed by atoms with Crippen LogP contribution >= 0.6 is 15.9 Å². The van der Waals surface area contributed by atoms with Gasteiger partial charge in [0.05, 0.1) is 34.8 Å². The molecule has 0 N–H and O–H groups in total. The minimum absolute atomic E-state index is 0.495. The van der Waals surface area contributed by atoms with E-state index in [0.29, 0.717) is 5.82 Å². The fourth-order valence-corrected chi connectivity index (χ4v) is 4.47. The first-order chi connectivity index (χ1) is 19.3. The van der Waals surface area contributed by atoms with Gasteiger partial charge in [-0.1, -0.05) is 24.3 Å². The van der Waals surface area contributed by atoms with Gasteiger partial charge in [-0.05, 0) is 78.3 Å². The zero-order chi connectivity index (χ0) is 28.2. The number of halogens is 2. The molecule has 0 saturated heterocycles. The van der Waals surface area contributed by atoms with Crippen LogP contribution in [0, 0.1) is 19.8 Å². The molecule has 200 valence electrons. The van der Waals surface area contributed by atoms with Gasteiger partial charge in [0.15, 0.2) is 0 Å². The lowest BCUT2D eigenvalue weighted by atomic mass is 10.2. The van der Waals surface area contributed by atoms with Crippen molar-refractivity contribution in [2.24, 2.45) is 0 Å². The third kappa shape index (κ3) is 5.86. The molecule has 0 spiro atoms. The Kier molecular flexibility index (Phi) is 7.88. The molecule has 4 aromatic heterocycles. The van der Waals surface area contributed by atoms with E-state index in [2.05, 4.69) is 45.8 Å². The van der Waals surface area contributed by atoms with Crippen LogP contribution in [0.4, 0.5) is 27.4 Å². The van der Waals surface area contributed by atoms with Crippen molar-refractivity contribution in [3.05, 3.63) is 107 Å². The molecule has 0 unspecified atom stereocenters. The third-order valence-corrected chi connectivity index (χ3v) is 6.69. The van der Waals surface area contributed by atoms with E-state index in [4.69, 9.17) is 0 Å². The standard InChI is InChI=1S/C15H13BrN4.C15H13FN4/c2*1-10-18-13-6-4-3-5-12(13)15(19-10)20(2)11-7-8-14(16)17-9-11/h2*3-9H,1-2H3/i;16-1. The molecule has 0 saturated carbocycles. The molecule has 0 amide bonds. The predicted octanol–water partition coefficient (Wildman–Crippen LogP) is 7.10. The molecule has 0 bridgehead atoms. The summed E-state index contributed by atoms with van der Waals surface area (Å²) in [6.07, 6.45) is 3.30. The van der Waals surface area contributed by atoms with Crippen LogP contribution < -0.4 is 9.80 Å². The van der Waals surface area contributed by atoms with E-state index in [1.165, 1.54) is 12.3 Å². The van der Waals surface area contributed by atoms with Crippen molar-refractivity contribution < 1.29 is 4.39 Å². The molecular formula is C30H26BrFN8. The van der Waals surface area contributed by atoms with Crippen LogP contribution in [0.15, 0.2) is 89.8 Å². The monoisotopic (exact) mass is 595 g/mol. The first-order valence-corrected chi connectivity index (χ1v) is 13.3. The number of pyridine rings is 2. The second-order valence-corrected chi connectivity index (χ2v) is 9.83. The number of fused-ring (bicyclic) bond motifs is 2. The maximum atomic E-state index is 12.9. The highest BCUT2D eigenvalue weighted by Gasteiger charge is 2.13. The number of benzene rings is 2. The molecule has 4 heterocycles. The van der Waals surface area contributed by atoms with Gasteiger partial charge in [0.25, 0.3) is 0 Å². The molecule has 10 heteroatoms. The van der Waals surface area contributed by atoms with Crippen LogP contribution in [0.25, 0.3) is 21.8 Å². The summed E-state index contributed by atoms with van der Waals surface area (Å²) < 4.78 is 13.7. The molecule has 2 aromatic carbocycles. The van der Waals surface area contributed by atoms with Gasteiger partial charge < -0.3 is 9.80 Å². The van der Waals surface area contributed by atoms with Crippen LogP contribution in [-0.2, 0) is 0 Å². The lowest BCUT2D eigenvalue weighted by Crippen LogP contribution is -2.13. The van der Waals surface area contributed by atoms with Gasteiger partial charge in [0.2, 0.25) is 5.95 Å². The normalized spacial score (nSPS) is 10.8. The number of aryl methyl sites for hydroxylation is 2. The second-order valence-electron chi connectivity index (χ2n) is 9.02. The molecule has 0 fully saturated rings. The number of anilines is 4. The Balaban J connectivity index is 0.000000161.